The average molecular weight is 240 g/mol. The van der Waals surface area contributed by atoms with Gasteiger partial charge in [0.1, 0.15) is 5.75 Å². The van der Waals surface area contributed by atoms with Gasteiger partial charge in [0.25, 0.3) is 0 Å². The molecular weight excluding hydrogens is 222 g/mol. The van der Waals surface area contributed by atoms with Gasteiger partial charge in [0, 0.05) is 16.6 Å². The highest BCUT2D eigenvalue weighted by Gasteiger charge is 2.21. The van der Waals surface area contributed by atoms with Gasteiger partial charge in [0.2, 0.25) is 0 Å². The second kappa shape index (κ2) is 4.64. The van der Waals surface area contributed by atoms with E-state index in [4.69, 9.17) is 16.3 Å². The van der Waals surface area contributed by atoms with E-state index in [9.17, 15) is 0 Å². The Labute approximate surface area is 102 Å². The molecule has 0 spiro atoms. The van der Waals surface area contributed by atoms with Crippen LogP contribution in [0.2, 0.25) is 5.02 Å². The molecule has 3 heteroatoms. The fourth-order valence-electron chi connectivity index (χ4n) is 2.49. The molecule has 0 aromatic heterocycles. The van der Waals surface area contributed by atoms with Gasteiger partial charge in [-0.1, -0.05) is 11.6 Å². The van der Waals surface area contributed by atoms with E-state index in [1.165, 1.54) is 24.0 Å². The Kier molecular flexibility index (Phi) is 3.41. The number of benzene rings is 1. The lowest BCUT2D eigenvalue weighted by atomic mass is 9.97. The van der Waals surface area contributed by atoms with Gasteiger partial charge in [0.15, 0.2) is 0 Å². The Morgan fingerprint density at radius 3 is 2.69 bits per heavy atom. The van der Waals surface area contributed by atoms with Crippen LogP contribution in [0.25, 0.3) is 0 Å². The van der Waals surface area contributed by atoms with Gasteiger partial charge in [-0.05, 0) is 50.4 Å². The minimum absolute atomic E-state index is 0.437. The maximum absolute atomic E-state index is 6.24. The summed E-state index contributed by atoms with van der Waals surface area (Å²) >= 11 is 6.24. The van der Waals surface area contributed by atoms with E-state index in [1.54, 1.807) is 7.11 Å². The summed E-state index contributed by atoms with van der Waals surface area (Å²) in [4.78, 5) is 0. The minimum Gasteiger partial charge on any atom is -0.496 e. The fourth-order valence-corrected chi connectivity index (χ4v) is 2.70. The predicted octanol–water partition coefficient (Wildman–Crippen LogP) is 3.39. The monoisotopic (exact) mass is 239 g/mol. The van der Waals surface area contributed by atoms with E-state index in [-0.39, 0.29) is 0 Å². The highest BCUT2D eigenvalue weighted by molar-refractivity contribution is 6.31. The lowest BCUT2D eigenvalue weighted by molar-refractivity contribution is 0.407. The maximum atomic E-state index is 6.24. The third-order valence-electron chi connectivity index (χ3n) is 3.39. The van der Waals surface area contributed by atoms with Crippen LogP contribution in [0.5, 0.6) is 5.75 Å². The Bertz CT molecular complexity index is 397. The van der Waals surface area contributed by atoms with Crippen molar-refractivity contribution in [3.05, 3.63) is 27.8 Å². The molecule has 0 aliphatic carbocycles. The van der Waals surface area contributed by atoms with Gasteiger partial charge in [-0.15, -0.1) is 0 Å². The highest BCUT2D eigenvalue weighted by Crippen LogP contribution is 2.37. The summed E-state index contributed by atoms with van der Waals surface area (Å²) in [6, 6.07) is 2.52. The minimum atomic E-state index is 0.437. The van der Waals surface area contributed by atoms with E-state index < -0.39 is 0 Å². The molecule has 1 aromatic rings. The molecular formula is C13H18ClNO. The first-order chi connectivity index (χ1) is 7.65. The van der Waals surface area contributed by atoms with Crippen molar-refractivity contribution in [2.75, 3.05) is 13.7 Å². The van der Waals surface area contributed by atoms with Crippen LogP contribution in [0.15, 0.2) is 6.07 Å². The molecule has 16 heavy (non-hydrogen) atoms. The lowest BCUT2D eigenvalue weighted by Gasteiger charge is -2.19. The second-order valence-electron chi connectivity index (χ2n) is 4.38. The van der Waals surface area contributed by atoms with Crippen LogP contribution in [-0.4, -0.2) is 13.7 Å². The first kappa shape index (κ1) is 11.7. The summed E-state index contributed by atoms with van der Waals surface area (Å²) in [6.07, 6.45) is 2.42. The molecule has 2 rings (SSSR count). The Morgan fingerprint density at radius 2 is 2.12 bits per heavy atom. The highest BCUT2D eigenvalue weighted by atomic mass is 35.5. The second-order valence-corrected chi connectivity index (χ2v) is 4.79. The van der Waals surface area contributed by atoms with Crippen molar-refractivity contribution in [3.63, 3.8) is 0 Å². The Hall–Kier alpha value is -0.730. The number of nitrogens with one attached hydrogen (secondary N) is 1. The number of hydrogen-bond acceptors (Lipinski definition) is 2. The standard InChI is InChI=1S/C13H18ClNO/c1-8-10(12-5-4-6-15-12)7-11(14)9(2)13(8)16-3/h7,12,15H,4-6H2,1-3H3. The molecule has 1 N–H and O–H groups in total. The SMILES string of the molecule is COc1c(C)c(Cl)cc(C2CCCN2)c1C. The zero-order chi connectivity index (χ0) is 11.7. The van der Waals surface area contributed by atoms with E-state index in [0.717, 1.165) is 22.9 Å². The van der Waals surface area contributed by atoms with Crippen molar-refractivity contribution in [1.82, 2.24) is 5.32 Å². The van der Waals surface area contributed by atoms with Crippen LogP contribution in [0.1, 0.15) is 35.6 Å². The van der Waals surface area contributed by atoms with Crippen molar-refractivity contribution < 1.29 is 4.74 Å². The number of ether oxygens (including phenoxy) is 1. The van der Waals surface area contributed by atoms with Crippen molar-refractivity contribution >= 4 is 11.6 Å². The van der Waals surface area contributed by atoms with E-state index in [2.05, 4.69) is 18.3 Å². The fraction of sp³-hybridized carbons (Fsp3) is 0.538. The number of methoxy groups -OCH3 is 1. The zero-order valence-corrected chi connectivity index (χ0v) is 10.8. The summed E-state index contributed by atoms with van der Waals surface area (Å²) in [5.74, 6) is 0.927. The van der Waals surface area contributed by atoms with Crippen LogP contribution >= 0.6 is 11.6 Å². The summed E-state index contributed by atoms with van der Waals surface area (Å²) < 4.78 is 5.44. The number of halogens is 1. The van der Waals surface area contributed by atoms with Crippen molar-refractivity contribution in [1.29, 1.82) is 0 Å². The van der Waals surface area contributed by atoms with Crippen LogP contribution in [0.3, 0.4) is 0 Å². The van der Waals surface area contributed by atoms with Crippen LogP contribution in [-0.2, 0) is 0 Å². The molecule has 1 aliphatic rings. The smallest absolute Gasteiger partial charge is 0.126 e. The molecule has 0 amide bonds. The average Bonchev–Trinajstić information content (AvgIpc) is 2.77. The molecule has 1 heterocycles. The van der Waals surface area contributed by atoms with Crippen molar-refractivity contribution in [3.8, 4) is 5.75 Å². The quantitative estimate of drug-likeness (QED) is 0.854. The number of rotatable bonds is 2. The lowest BCUT2D eigenvalue weighted by Crippen LogP contribution is -2.14. The van der Waals surface area contributed by atoms with Crippen LogP contribution in [0, 0.1) is 13.8 Å². The molecule has 1 unspecified atom stereocenters. The molecule has 1 aromatic carbocycles. The number of hydrogen-bond donors (Lipinski definition) is 1. The van der Waals surface area contributed by atoms with Gasteiger partial charge < -0.3 is 10.1 Å². The third kappa shape index (κ3) is 1.92. The molecule has 1 fully saturated rings. The molecule has 1 aliphatic heterocycles. The summed E-state index contributed by atoms with van der Waals surface area (Å²) in [5.41, 5.74) is 3.53. The normalized spacial score (nSPS) is 20.1. The molecule has 0 saturated carbocycles. The third-order valence-corrected chi connectivity index (χ3v) is 3.79. The molecule has 1 atom stereocenters. The van der Waals surface area contributed by atoms with Gasteiger partial charge in [0.05, 0.1) is 7.11 Å². The molecule has 2 nitrogen and oxygen atoms in total. The maximum Gasteiger partial charge on any atom is 0.126 e. The van der Waals surface area contributed by atoms with Crippen molar-refractivity contribution in [2.45, 2.75) is 32.7 Å². The summed E-state index contributed by atoms with van der Waals surface area (Å²) in [5, 5.41) is 4.29. The van der Waals surface area contributed by atoms with E-state index in [1.807, 2.05) is 6.92 Å². The summed E-state index contributed by atoms with van der Waals surface area (Å²) in [7, 11) is 1.71. The molecule has 1 saturated heterocycles. The van der Waals surface area contributed by atoms with Gasteiger partial charge in [-0.25, -0.2) is 0 Å². The summed E-state index contributed by atoms with van der Waals surface area (Å²) in [6.45, 7) is 5.20. The van der Waals surface area contributed by atoms with Gasteiger partial charge in [-0.3, -0.25) is 0 Å². The van der Waals surface area contributed by atoms with E-state index >= 15 is 0 Å². The Morgan fingerprint density at radius 1 is 1.38 bits per heavy atom. The first-order valence-electron chi connectivity index (χ1n) is 5.72. The van der Waals surface area contributed by atoms with Crippen LogP contribution in [0.4, 0.5) is 0 Å². The van der Waals surface area contributed by atoms with Gasteiger partial charge >= 0.3 is 0 Å². The predicted molar refractivity (Wildman–Crippen MR) is 67.5 cm³/mol. The van der Waals surface area contributed by atoms with E-state index in [0.29, 0.717) is 6.04 Å². The zero-order valence-electron chi connectivity index (χ0n) is 10.1. The first-order valence-corrected chi connectivity index (χ1v) is 6.10. The molecule has 0 bridgehead atoms. The van der Waals surface area contributed by atoms with Crippen LogP contribution < -0.4 is 10.1 Å². The van der Waals surface area contributed by atoms with Gasteiger partial charge in [-0.2, -0.15) is 0 Å². The largest absolute Gasteiger partial charge is 0.496 e. The Balaban J connectivity index is 2.49. The molecule has 0 radical (unpaired) electrons. The topological polar surface area (TPSA) is 21.3 Å². The van der Waals surface area contributed by atoms with Crippen molar-refractivity contribution in [2.24, 2.45) is 0 Å². The molecule has 88 valence electrons.